The molecule has 0 radical (unpaired) electrons. The third-order valence-electron chi connectivity index (χ3n) is 4.95. The Balaban J connectivity index is 1.66. The molecule has 1 aromatic heterocycles. The van der Waals surface area contributed by atoms with E-state index in [-0.39, 0.29) is 11.3 Å². The van der Waals surface area contributed by atoms with Crippen LogP contribution in [0, 0.1) is 0 Å². The van der Waals surface area contributed by atoms with Gasteiger partial charge in [0.25, 0.3) is 5.91 Å². The van der Waals surface area contributed by atoms with Crippen molar-refractivity contribution in [2.45, 2.75) is 16.7 Å². The van der Waals surface area contributed by atoms with Gasteiger partial charge in [0.2, 0.25) is 0 Å². The first-order chi connectivity index (χ1) is 12.2. The number of nitrogens with zero attached hydrogens (tertiary/aromatic N) is 1. The van der Waals surface area contributed by atoms with Gasteiger partial charge in [0.05, 0.1) is 18.4 Å². The Bertz CT molecular complexity index is 1030. The number of hydrogen-bond acceptors (Lipinski definition) is 3. The van der Waals surface area contributed by atoms with Crippen molar-refractivity contribution in [3.8, 4) is 5.75 Å². The molecule has 1 atom stereocenters. The Kier molecular flexibility index (Phi) is 3.30. The van der Waals surface area contributed by atoms with E-state index in [2.05, 4.69) is 11.1 Å². The van der Waals surface area contributed by atoms with Crippen LogP contribution >= 0.6 is 23.4 Å². The fraction of sp³-hybridized carbons (Fsp3) is 0.211. The van der Waals surface area contributed by atoms with Crippen molar-refractivity contribution < 1.29 is 9.53 Å². The highest BCUT2D eigenvalue weighted by Gasteiger charge is 2.39. The normalized spacial score (nSPS) is 18.7. The second-order valence-electron chi connectivity index (χ2n) is 6.29. The zero-order valence-electron chi connectivity index (χ0n) is 13.5. The van der Waals surface area contributed by atoms with Gasteiger partial charge in [-0.3, -0.25) is 4.79 Å². The Hall–Kier alpha value is -2.11. The van der Waals surface area contributed by atoms with E-state index in [0.29, 0.717) is 17.1 Å². The van der Waals surface area contributed by atoms with Crippen LogP contribution in [0.4, 0.5) is 0 Å². The summed E-state index contributed by atoms with van der Waals surface area (Å²) in [6.45, 7) is 0.708. The van der Waals surface area contributed by atoms with Crippen molar-refractivity contribution in [3.63, 3.8) is 0 Å². The zero-order valence-corrected chi connectivity index (χ0v) is 15.1. The predicted octanol–water partition coefficient (Wildman–Crippen LogP) is 4.63. The summed E-state index contributed by atoms with van der Waals surface area (Å²) in [5.74, 6) is 0.909. The minimum atomic E-state index is -0.0247. The number of carbonyl (C=O) groups excluding carboxylic acids is 1. The third-order valence-corrected chi connectivity index (χ3v) is 6.51. The number of H-pyrrole nitrogens is 1. The molecule has 2 aliphatic heterocycles. The maximum absolute atomic E-state index is 12.9. The molecular weight excluding hydrogens is 356 g/mol. The Morgan fingerprint density at radius 1 is 1.28 bits per heavy atom. The number of aromatic nitrogens is 1. The molecule has 5 rings (SSSR count). The SMILES string of the molecule is COc1ccc2[nH]c3c(c2c1)CCN1C(=O)c2cc(Cl)ccc2SC31. The van der Waals surface area contributed by atoms with Crippen molar-refractivity contribution >= 4 is 40.2 Å². The number of nitrogens with one attached hydrogen (secondary N) is 1. The van der Waals surface area contributed by atoms with Gasteiger partial charge >= 0.3 is 0 Å². The fourth-order valence-corrected chi connectivity index (χ4v) is 5.22. The molecule has 3 heterocycles. The summed E-state index contributed by atoms with van der Waals surface area (Å²) in [4.78, 5) is 19.4. The van der Waals surface area contributed by atoms with E-state index in [1.807, 2.05) is 29.2 Å². The number of aromatic amines is 1. The number of halogens is 1. The Morgan fingerprint density at radius 3 is 3.00 bits per heavy atom. The van der Waals surface area contributed by atoms with Crippen LogP contribution < -0.4 is 4.74 Å². The standard InChI is InChI=1S/C19H15ClN2O2S/c1-24-11-3-4-15-13(9-11)12-6-7-22-18(23)14-8-10(20)2-5-16(14)25-19(22)17(12)21-15/h2-5,8-9,19,21H,6-7H2,1H3. The van der Waals surface area contributed by atoms with Crippen molar-refractivity contribution in [2.24, 2.45) is 0 Å². The second kappa shape index (κ2) is 5.44. The number of rotatable bonds is 1. The van der Waals surface area contributed by atoms with Crippen LogP contribution in [0.2, 0.25) is 5.02 Å². The molecule has 6 heteroatoms. The molecule has 1 N–H and O–H groups in total. The second-order valence-corrected chi connectivity index (χ2v) is 7.85. The molecule has 1 unspecified atom stereocenters. The summed E-state index contributed by atoms with van der Waals surface area (Å²) >= 11 is 7.79. The molecule has 126 valence electrons. The van der Waals surface area contributed by atoms with E-state index in [0.717, 1.165) is 28.3 Å². The van der Waals surface area contributed by atoms with Crippen molar-refractivity contribution in [3.05, 3.63) is 58.2 Å². The number of amides is 1. The van der Waals surface area contributed by atoms with E-state index >= 15 is 0 Å². The van der Waals surface area contributed by atoms with Crippen LogP contribution in [0.15, 0.2) is 41.3 Å². The average molecular weight is 371 g/mol. The molecule has 25 heavy (non-hydrogen) atoms. The number of benzene rings is 2. The van der Waals surface area contributed by atoms with Crippen molar-refractivity contribution in [2.75, 3.05) is 13.7 Å². The Labute approximate surface area is 154 Å². The molecule has 4 nitrogen and oxygen atoms in total. The number of carbonyl (C=O) groups is 1. The van der Waals surface area contributed by atoms with Crippen LogP contribution in [0.3, 0.4) is 0 Å². The first-order valence-corrected chi connectivity index (χ1v) is 9.37. The molecule has 0 aliphatic carbocycles. The van der Waals surface area contributed by atoms with E-state index in [1.54, 1.807) is 24.9 Å². The maximum atomic E-state index is 12.9. The van der Waals surface area contributed by atoms with Crippen LogP contribution in [0.1, 0.15) is 27.0 Å². The minimum Gasteiger partial charge on any atom is -0.497 e. The largest absolute Gasteiger partial charge is 0.497 e. The minimum absolute atomic E-state index is 0.0247. The van der Waals surface area contributed by atoms with E-state index in [4.69, 9.17) is 16.3 Å². The summed E-state index contributed by atoms with van der Waals surface area (Å²) in [6, 6.07) is 11.6. The molecule has 1 amide bonds. The molecule has 0 fully saturated rings. The van der Waals surface area contributed by atoms with Crippen molar-refractivity contribution in [1.82, 2.24) is 9.88 Å². The number of methoxy groups -OCH3 is 1. The smallest absolute Gasteiger partial charge is 0.256 e. The van der Waals surface area contributed by atoms with Gasteiger partial charge in [-0.25, -0.2) is 0 Å². The maximum Gasteiger partial charge on any atom is 0.256 e. The Morgan fingerprint density at radius 2 is 2.16 bits per heavy atom. The van der Waals surface area contributed by atoms with Crippen LogP contribution in [0.25, 0.3) is 10.9 Å². The number of thioether (sulfide) groups is 1. The summed E-state index contributed by atoms with van der Waals surface area (Å²) in [5.41, 5.74) is 4.19. The van der Waals surface area contributed by atoms with E-state index < -0.39 is 0 Å². The van der Waals surface area contributed by atoms with Gasteiger partial charge in [-0.05, 0) is 48.4 Å². The molecule has 2 aromatic carbocycles. The quantitative estimate of drug-likeness (QED) is 0.679. The van der Waals surface area contributed by atoms with Gasteiger partial charge in [0, 0.05) is 27.4 Å². The monoisotopic (exact) mass is 370 g/mol. The molecular formula is C19H15ClN2O2S. The summed E-state index contributed by atoms with van der Waals surface area (Å²) < 4.78 is 5.37. The number of ether oxygens (including phenoxy) is 1. The lowest BCUT2D eigenvalue weighted by molar-refractivity contribution is 0.0714. The zero-order chi connectivity index (χ0) is 17.1. The molecule has 0 saturated heterocycles. The first-order valence-electron chi connectivity index (χ1n) is 8.11. The van der Waals surface area contributed by atoms with E-state index in [9.17, 15) is 4.79 Å². The first kappa shape index (κ1) is 15.2. The molecule has 0 saturated carbocycles. The van der Waals surface area contributed by atoms with Crippen molar-refractivity contribution in [1.29, 1.82) is 0 Å². The third kappa shape index (κ3) is 2.19. The molecule has 0 spiro atoms. The van der Waals surface area contributed by atoms with Crippen LogP contribution in [-0.2, 0) is 6.42 Å². The van der Waals surface area contributed by atoms with Gasteiger partial charge in [0.15, 0.2) is 0 Å². The van der Waals surface area contributed by atoms with Gasteiger partial charge in [0.1, 0.15) is 11.1 Å². The highest BCUT2D eigenvalue weighted by Crippen LogP contribution is 2.49. The summed E-state index contributed by atoms with van der Waals surface area (Å²) in [5, 5.41) is 1.76. The van der Waals surface area contributed by atoms with Gasteiger partial charge < -0.3 is 14.6 Å². The molecule has 0 bridgehead atoms. The molecule has 2 aliphatic rings. The van der Waals surface area contributed by atoms with Gasteiger partial charge in [-0.1, -0.05) is 23.4 Å². The number of hydrogen-bond donors (Lipinski definition) is 1. The van der Waals surface area contributed by atoms with Crippen LogP contribution in [-0.4, -0.2) is 29.4 Å². The van der Waals surface area contributed by atoms with E-state index in [1.165, 1.54) is 10.9 Å². The average Bonchev–Trinajstić information content (AvgIpc) is 3.00. The lowest BCUT2D eigenvalue weighted by Gasteiger charge is -2.39. The fourth-order valence-electron chi connectivity index (χ4n) is 3.74. The lowest BCUT2D eigenvalue weighted by Crippen LogP contribution is -2.41. The highest BCUT2D eigenvalue weighted by molar-refractivity contribution is 7.99. The molecule has 3 aromatic rings. The summed E-state index contributed by atoms with van der Waals surface area (Å²) in [7, 11) is 1.68. The van der Waals surface area contributed by atoms with Gasteiger partial charge in [-0.15, -0.1) is 0 Å². The lowest BCUT2D eigenvalue weighted by atomic mass is 10.0. The summed E-state index contributed by atoms with van der Waals surface area (Å²) in [6.07, 6.45) is 0.835. The number of fused-ring (bicyclic) bond motifs is 6. The van der Waals surface area contributed by atoms with Crippen LogP contribution in [0.5, 0.6) is 5.75 Å². The highest BCUT2D eigenvalue weighted by atomic mass is 35.5. The topological polar surface area (TPSA) is 45.3 Å². The predicted molar refractivity (Wildman–Crippen MR) is 99.6 cm³/mol. The van der Waals surface area contributed by atoms with Gasteiger partial charge in [-0.2, -0.15) is 0 Å².